The predicted octanol–water partition coefficient (Wildman–Crippen LogP) is 6.55. The molecule has 1 aliphatic rings. The molecule has 36 heavy (non-hydrogen) atoms. The van der Waals surface area contributed by atoms with Crippen molar-refractivity contribution in [2.75, 3.05) is 0 Å². The number of carboxylic acid groups (broad SMARTS) is 1. The second-order valence-electron chi connectivity index (χ2n) is 9.85. The topological polar surface area (TPSA) is 79.3 Å². The van der Waals surface area contributed by atoms with E-state index in [0.29, 0.717) is 22.9 Å². The van der Waals surface area contributed by atoms with Gasteiger partial charge in [-0.2, -0.15) is 0 Å². The van der Waals surface area contributed by atoms with Gasteiger partial charge >= 0.3 is 5.97 Å². The monoisotopic (exact) mass is 524 g/mol. The summed E-state index contributed by atoms with van der Waals surface area (Å²) in [4.78, 5) is 29.2. The van der Waals surface area contributed by atoms with E-state index in [-0.39, 0.29) is 24.3 Å². The number of nitrogens with one attached hydrogen (secondary N) is 1. The van der Waals surface area contributed by atoms with Crippen molar-refractivity contribution in [1.82, 2.24) is 10.3 Å². The molecule has 1 saturated heterocycles. The smallest absolute Gasteiger partial charge is 0.304 e. The number of halogens is 2. The average Bonchev–Trinajstić information content (AvgIpc) is 2.84. The molecule has 5 nitrogen and oxygen atoms in total. The first-order valence-corrected chi connectivity index (χ1v) is 12.9. The van der Waals surface area contributed by atoms with Gasteiger partial charge in [0.25, 0.3) is 0 Å². The van der Waals surface area contributed by atoms with Gasteiger partial charge in [0, 0.05) is 39.0 Å². The third kappa shape index (κ3) is 5.91. The summed E-state index contributed by atoms with van der Waals surface area (Å²) in [5, 5.41) is 13.8. The van der Waals surface area contributed by atoms with Crippen LogP contribution in [0.1, 0.15) is 61.0 Å². The summed E-state index contributed by atoms with van der Waals surface area (Å²) in [6.45, 7) is 4.15. The number of carbonyl (C=O) groups is 2. The van der Waals surface area contributed by atoms with Crippen molar-refractivity contribution in [2.24, 2.45) is 5.92 Å². The van der Waals surface area contributed by atoms with Crippen LogP contribution >= 0.6 is 23.2 Å². The second kappa shape index (κ2) is 11.0. The lowest BCUT2D eigenvalue weighted by atomic mass is 9.71. The van der Waals surface area contributed by atoms with Crippen LogP contribution < -0.4 is 5.32 Å². The minimum absolute atomic E-state index is 0.0503. The molecule has 4 rings (SSSR count). The van der Waals surface area contributed by atoms with Crippen LogP contribution in [-0.4, -0.2) is 28.0 Å². The van der Waals surface area contributed by atoms with Crippen LogP contribution in [0, 0.1) is 12.8 Å². The first kappa shape index (κ1) is 26.2. The Labute approximate surface area is 221 Å². The van der Waals surface area contributed by atoms with Crippen LogP contribution in [-0.2, 0) is 15.0 Å². The minimum atomic E-state index is -0.973. The Bertz CT molecular complexity index is 1250. The first-order valence-electron chi connectivity index (χ1n) is 12.1. The number of carboxylic acids is 1. The molecular weight excluding hydrogens is 495 g/mol. The van der Waals surface area contributed by atoms with Crippen molar-refractivity contribution in [3.63, 3.8) is 0 Å². The highest BCUT2D eigenvalue weighted by molar-refractivity contribution is 6.30. The largest absolute Gasteiger partial charge is 0.481 e. The Kier molecular flexibility index (Phi) is 8.01. The van der Waals surface area contributed by atoms with Crippen molar-refractivity contribution < 1.29 is 14.7 Å². The fourth-order valence-corrected chi connectivity index (χ4v) is 5.60. The number of piperidine rings is 1. The van der Waals surface area contributed by atoms with Crippen LogP contribution in [0.15, 0.2) is 66.7 Å². The number of carbonyl (C=O) groups excluding carboxylic acids is 1. The van der Waals surface area contributed by atoms with Gasteiger partial charge in [-0.1, -0.05) is 53.5 Å². The highest BCUT2D eigenvalue weighted by atomic mass is 35.5. The highest BCUT2D eigenvalue weighted by Crippen LogP contribution is 2.41. The van der Waals surface area contributed by atoms with Crippen molar-refractivity contribution >= 4 is 35.1 Å². The van der Waals surface area contributed by atoms with E-state index in [1.807, 2.05) is 73.7 Å². The summed E-state index contributed by atoms with van der Waals surface area (Å²) in [5.41, 5.74) is 3.57. The molecule has 4 atom stereocenters. The molecule has 0 aliphatic carbocycles. The van der Waals surface area contributed by atoms with Crippen LogP contribution in [0.2, 0.25) is 10.0 Å². The van der Waals surface area contributed by atoms with E-state index in [4.69, 9.17) is 28.2 Å². The van der Waals surface area contributed by atoms with E-state index in [9.17, 15) is 14.7 Å². The van der Waals surface area contributed by atoms with Crippen LogP contribution in [0.25, 0.3) is 0 Å². The summed E-state index contributed by atoms with van der Waals surface area (Å²) in [6.07, 6.45) is 1.67. The molecule has 2 heterocycles. The number of pyridine rings is 1. The predicted molar refractivity (Wildman–Crippen MR) is 143 cm³/mol. The lowest BCUT2D eigenvalue weighted by Crippen LogP contribution is -2.49. The number of aliphatic carboxylic acids is 1. The van der Waals surface area contributed by atoms with E-state index in [0.717, 1.165) is 28.9 Å². The molecule has 0 radical (unpaired) electrons. The Morgan fingerprint density at radius 1 is 1.08 bits per heavy atom. The molecule has 0 bridgehead atoms. The lowest BCUT2D eigenvalue weighted by Gasteiger charge is -2.39. The van der Waals surface area contributed by atoms with Crippen LogP contribution in [0.3, 0.4) is 0 Å². The maximum atomic E-state index is 12.9. The summed E-state index contributed by atoms with van der Waals surface area (Å²) < 4.78 is 0. The number of amides is 1. The highest BCUT2D eigenvalue weighted by Gasteiger charge is 2.39. The molecule has 0 saturated carbocycles. The van der Waals surface area contributed by atoms with Gasteiger partial charge in [-0.25, -0.2) is 0 Å². The standard InChI is InChI=1S/C29H30Cl2N2O3/c1-18-5-3-8-26(32-18)29(2,21-9-11-22(30)12-10-21)14-13-25-24(19-6-4-7-23(31)15-19)16-20(17-27(34)35)28(36)33-25/h3-12,15,20,24-25H,13-14,16-17H2,1-2H3,(H,33,36)(H,34,35). The van der Waals surface area contributed by atoms with Gasteiger partial charge in [0.05, 0.1) is 12.1 Å². The number of benzene rings is 2. The van der Waals surface area contributed by atoms with Gasteiger partial charge < -0.3 is 10.4 Å². The molecule has 1 aromatic heterocycles. The van der Waals surface area contributed by atoms with E-state index in [1.54, 1.807) is 0 Å². The van der Waals surface area contributed by atoms with Gasteiger partial charge in [0.1, 0.15) is 0 Å². The molecule has 4 unspecified atom stereocenters. The van der Waals surface area contributed by atoms with Crippen molar-refractivity contribution in [2.45, 2.75) is 56.9 Å². The molecule has 188 valence electrons. The second-order valence-corrected chi connectivity index (χ2v) is 10.7. The third-order valence-electron chi connectivity index (χ3n) is 7.31. The Morgan fingerprint density at radius 3 is 2.47 bits per heavy atom. The summed E-state index contributed by atoms with van der Waals surface area (Å²) in [5.74, 6) is -1.81. The van der Waals surface area contributed by atoms with E-state index < -0.39 is 17.3 Å². The molecule has 1 fully saturated rings. The molecular formula is C29H30Cl2N2O3. The van der Waals surface area contributed by atoms with Crippen LogP contribution in [0.5, 0.6) is 0 Å². The molecule has 0 spiro atoms. The quantitative estimate of drug-likeness (QED) is 0.350. The number of hydrogen-bond acceptors (Lipinski definition) is 3. The van der Waals surface area contributed by atoms with Gasteiger partial charge in [0.2, 0.25) is 5.91 Å². The molecule has 2 aromatic carbocycles. The summed E-state index contributed by atoms with van der Waals surface area (Å²) in [7, 11) is 0. The summed E-state index contributed by atoms with van der Waals surface area (Å²) >= 11 is 12.5. The number of nitrogens with zero attached hydrogens (tertiary/aromatic N) is 1. The maximum Gasteiger partial charge on any atom is 0.304 e. The number of hydrogen-bond donors (Lipinski definition) is 2. The summed E-state index contributed by atoms with van der Waals surface area (Å²) in [6, 6.07) is 21.3. The van der Waals surface area contributed by atoms with E-state index in [2.05, 4.69) is 12.2 Å². The van der Waals surface area contributed by atoms with Crippen molar-refractivity contribution in [1.29, 1.82) is 0 Å². The normalized spacial score (nSPS) is 21.4. The molecule has 3 aromatic rings. The van der Waals surface area contributed by atoms with Crippen molar-refractivity contribution in [3.8, 4) is 0 Å². The molecule has 1 aliphatic heterocycles. The van der Waals surface area contributed by atoms with Gasteiger partial charge in [-0.3, -0.25) is 14.6 Å². The Hall–Kier alpha value is -2.89. The lowest BCUT2D eigenvalue weighted by molar-refractivity contribution is -0.142. The average molecular weight is 525 g/mol. The SMILES string of the molecule is Cc1cccc(C(C)(CCC2NC(=O)C(CC(=O)O)CC2c2cccc(Cl)c2)c2ccc(Cl)cc2)n1. The van der Waals surface area contributed by atoms with Crippen molar-refractivity contribution in [3.05, 3.63) is 99.3 Å². The fourth-order valence-electron chi connectivity index (χ4n) is 5.28. The maximum absolute atomic E-state index is 12.9. The number of aryl methyl sites for hydroxylation is 1. The van der Waals surface area contributed by atoms with Gasteiger partial charge in [0.15, 0.2) is 0 Å². The zero-order chi connectivity index (χ0) is 25.9. The zero-order valence-corrected chi connectivity index (χ0v) is 21.9. The minimum Gasteiger partial charge on any atom is -0.481 e. The van der Waals surface area contributed by atoms with Gasteiger partial charge in [-0.15, -0.1) is 0 Å². The Balaban J connectivity index is 1.67. The molecule has 1 amide bonds. The third-order valence-corrected chi connectivity index (χ3v) is 7.80. The molecule has 2 N–H and O–H groups in total. The van der Waals surface area contributed by atoms with E-state index >= 15 is 0 Å². The zero-order valence-electron chi connectivity index (χ0n) is 20.4. The fraction of sp³-hybridized carbons (Fsp3) is 0.345. The number of aromatic nitrogens is 1. The van der Waals surface area contributed by atoms with Gasteiger partial charge in [-0.05, 0) is 80.6 Å². The first-order chi connectivity index (χ1) is 17.2. The van der Waals surface area contributed by atoms with Crippen LogP contribution in [0.4, 0.5) is 0 Å². The van der Waals surface area contributed by atoms with E-state index in [1.165, 1.54) is 0 Å². The number of rotatable bonds is 8. The Morgan fingerprint density at radius 2 is 1.81 bits per heavy atom. The molecule has 7 heteroatoms.